The molecule has 6 rings (SSSR count). The Labute approximate surface area is 207 Å². The van der Waals surface area contributed by atoms with Crippen LogP contribution in [0.25, 0.3) is 10.9 Å². The van der Waals surface area contributed by atoms with Gasteiger partial charge < -0.3 is 24.6 Å². The van der Waals surface area contributed by atoms with Crippen LogP contribution in [0.1, 0.15) is 49.8 Å². The van der Waals surface area contributed by atoms with Crippen molar-refractivity contribution in [2.75, 3.05) is 39.3 Å². The molecule has 0 spiro atoms. The second-order valence-electron chi connectivity index (χ2n) is 10.5. The minimum Gasteiger partial charge on any atom is -0.506 e. The number of rotatable bonds is 10. The van der Waals surface area contributed by atoms with Crippen molar-refractivity contribution in [1.29, 1.82) is 0 Å². The van der Waals surface area contributed by atoms with Crippen molar-refractivity contribution in [3.05, 3.63) is 70.0 Å². The number of pyridine rings is 1. The van der Waals surface area contributed by atoms with Gasteiger partial charge in [0, 0.05) is 23.9 Å². The van der Waals surface area contributed by atoms with Crippen LogP contribution in [-0.2, 0) is 6.42 Å². The summed E-state index contributed by atoms with van der Waals surface area (Å²) in [6.45, 7) is 9.16. The minimum absolute atomic E-state index is 0.102. The Hall–Kier alpha value is -2.83. The second kappa shape index (κ2) is 10.4. The second-order valence-corrected chi connectivity index (χ2v) is 10.5. The van der Waals surface area contributed by atoms with E-state index in [0.29, 0.717) is 5.52 Å². The number of aromatic hydroxyl groups is 1. The largest absolute Gasteiger partial charge is 0.506 e. The van der Waals surface area contributed by atoms with E-state index >= 15 is 0 Å². The number of ether oxygens (including phenoxy) is 1. The first-order valence-electron chi connectivity index (χ1n) is 13.2. The molecule has 3 fully saturated rings. The maximum absolute atomic E-state index is 11.6. The predicted molar refractivity (Wildman–Crippen MR) is 140 cm³/mol. The third-order valence-corrected chi connectivity index (χ3v) is 8.27. The van der Waals surface area contributed by atoms with Crippen molar-refractivity contribution in [1.82, 2.24) is 10.3 Å². The number of phenols is 1. The van der Waals surface area contributed by atoms with Gasteiger partial charge in [0.25, 0.3) is 0 Å². The summed E-state index contributed by atoms with van der Waals surface area (Å²) < 4.78 is 7.39. The number of nitrogens with one attached hydrogen (secondary N) is 2. The van der Waals surface area contributed by atoms with Gasteiger partial charge in [-0.2, -0.15) is 0 Å². The molecule has 6 heteroatoms. The number of H-pyrrole nitrogens is 1. The molecule has 186 valence electrons. The molecule has 0 radical (unpaired) electrons. The highest BCUT2D eigenvalue weighted by atomic mass is 16.5. The van der Waals surface area contributed by atoms with Crippen LogP contribution in [-0.4, -0.2) is 53.9 Å². The standard InChI is InChI=1S/C29H37N3O3/c1-21(30-15-11-24-5-9-27(33)29-26(24)8-10-28(34)31-29)23-3-6-25(7-4-23)35-20-2-16-32-17-12-22(13-18-32)14-19-32/h3-10,21-22,30H,2,11-20H2,1H3,(H-,31,33,34)/p+1. The van der Waals surface area contributed by atoms with Crippen molar-refractivity contribution < 1.29 is 14.3 Å². The van der Waals surface area contributed by atoms with Crippen molar-refractivity contribution in [2.24, 2.45) is 5.92 Å². The van der Waals surface area contributed by atoms with Crippen molar-refractivity contribution in [3.63, 3.8) is 0 Å². The van der Waals surface area contributed by atoms with Crippen LogP contribution in [0.2, 0.25) is 0 Å². The van der Waals surface area contributed by atoms with Crippen LogP contribution in [0.3, 0.4) is 0 Å². The molecule has 3 aliphatic heterocycles. The summed E-state index contributed by atoms with van der Waals surface area (Å²) in [6.07, 6.45) is 6.22. The fourth-order valence-corrected chi connectivity index (χ4v) is 5.97. The van der Waals surface area contributed by atoms with E-state index in [4.69, 9.17) is 4.74 Å². The minimum atomic E-state index is -0.209. The Balaban J connectivity index is 1.07. The Morgan fingerprint density at radius 1 is 1.06 bits per heavy atom. The Kier molecular flexibility index (Phi) is 7.12. The normalized spacial score (nSPS) is 22.4. The van der Waals surface area contributed by atoms with E-state index in [2.05, 4.69) is 41.5 Å². The fraction of sp³-hybridized carbons (Fsp3) is 0.483. The average molecular weight is 477 g/mol. The highest BCUT2D eigenvalue weighted by Crippen LogP contribution is 2.33. The van der Waals surface area contributed by atoms with Crippen LogP contribution in [0.4, 0.5) is 0 Å². The lowest BCUT2D eigenvalue weighted by Gasteiger charge is -2.49. The zero-order chi connectivity index (χ0) is 24.3. The molecule has 0 saturated carbocycles. The van der Waals surface area contributed by atoms with Gasteiger partial charge in [0.2, 0.25) is 5.56 Å². The summed E-state index contributed by atoms with van der Waals surface area (Å²) in [5.41, 5.74) is 2.62. The molecular weight excluding hydrogens is 438 g/mol. The highest BCUT2D eigenvalue weighted by molar-refractivity contribution is 5.87. The summed E-state index contributed by atoms with van der Waals surface area (Å²) in [6, 6.07) is 15.5. The van der Waals surface area contributed by atoms with Gasteiger partial charge in [-0.05, 0) is 80.5 Å². The average Bonchev–Trinajstić information content (AvgIpc) is 2.89. The van der Waals surface area contributed by atoms with Gasteiger partial charge in [-0.1, -0.05) is 18.2 Å². The number of nitrogens with zero attached hydrogens (tertiary/aromatic N) is 1. The quantitative estimate of drug-likeness (QED) is 0.297. The number of benzene rings is 2. The lowest BCUT2D eigenvalue weighted by atomic mass is 9.85. The van der Waals surface area contributed by atoms with Crippen LogP contribution in [0.5, 0.6) is 11.5 Å². The van der Waals surface area contributed by atoms with Crippen molar-refractivity contribution in [3.8, 4) is 11.5 Å². The van der Waals surface area contributed by atoms with Gasteiger partial charge in [-0.15, -0.1) is 0 Å². The highest BCUT2D eigenvalue weighted by Gasteiger charge is 2.38. The van der Waals surface area contributed by atoms with E-state index < -0.39 is 0 Å². The van der Waals surface area contributed by atoms with E-state index in [9.17, 15) is 9.90 Å². The number of piperidine rings is 3. The van der Waals surface area contributed by atoms with E-state index in [1.807, 2.05) is 6.07 Å². The van der Waals surface area contributed by atoms with Crippen LogP contribution in [0, 0.1) is 5.92 Å². The first-order chi connectivity index (χ1) is 17.0. The zero-order valence-electron chi connectivity index (χ0n) is 20.8. The van der Waals surface area contributed by atoms with Crippen LogP contribution >= 0.6 is 0 Å². The molecule has 3 saturated heterocycles. The molecule has 0 amide bonds. The summed E-state index contributed by atoms with van der Waals surface area (Å²) in [5, 5.41) is 14.5. The molecular formula is C29H38N3O3+. The molecule has 2 bridgehead atoms. The summed E-state index contributed by atoms with van der Waals surface area (Å²) >= 11 is 0. The monoisotopic (exact) mass is 476 g/mol. The van der Waals surface area contributed by atoms with Crippen molar-refractivity contribution >= 4 is 10.9 Å². The number of hydrogen-bond donors (Lipinski definition) is 3. The van der Waals surface area contributed by atoms with Gasteiger partial charge in [0.15, 0.2) is 0 Å². The fourth-order valence-electron chi connectivity index (χ4n) is 5.97. The maximum Gasteiger partial charge on any atom is 0.248 e. The Bertz CT molecular complexity index is 1180. The van der Waals surface area contributed by atoms with Crippen molar-refractivity contribution in [2.45, 2.75) is 45.1 Å². The number of phenolic OH excluding ortho intramolecular Hbond substituents is 1. The first kappa shape index (κ1) is 23.9. The summed E-state index contributed by atoms with van der Waals surface area (Å²) in [5.74, 6) is 2.06. The molecule has 0 aliphatic carbocycles. The molecule has 35 heavy (non-hydrogen) atoms. The van der Waals surface area contributed by atoms with Crippen LogP contribution < -0.4 is 15.6 Å². The van der Waals surface area contributed by atoms with Gasteiger partial charge in [-0.3, -0.25) is 4.79 Å². The maximum atomic E-state index is 11.6. The lowest BCUT2D eigenvalue weighted by Crippen LogP contribution is -2.58. The molecule has 4 heterocycles. The van der Waals surface area contributed by atoms with E-state index in [1.165, 1.54) is 61.6 Å². The molecule has 6 nitrogen and oxygen atoms in total. The Morgan fingerprint density at radius 3 is 2.54 bits per heavy atom. The smallest absolute Gasteiger partial charge is 0.248 e. The van der Waals surface area contributed by atoms with Gasteiger partial charge in [-0.25, -0.2) is 0 Å². The molecule has 1 aromatic heterocycles. The first-order valence-corrected chi connectivity index (χ1v) is 13.2. The van der Waals surface area contributed by atoms with E-state index in [-0.39, 0.29) is 17.4 Å². The van der Waals surface area contributed by atoms with Gasteiger partial charge in [0.1, 0.15) is 11.5 Å². The SMILES string of the molecule is CC(NCCc1ccc(O)c2[nH]c(=O)ccc12)c1ccc(OCCC[N+]23CCC(CC2)CC3)cc1. The van der Waals surface area contributed by atoms with E-state index in [1.54, 1.807) is 12.1 Å². The number of fused-ring (bicyclic) bond motifs is 4. The van der Waals surface area contributed by atoms with Gasteiger partial charge >= 0.3 is 0 Å². The van der Waals surface area contributed by atoms with Gasteiger partial charge in [0.05, 0.1) is 38.3 Å². The molecule has 1 unspecified atom stereocenters. The van der Waals surface area contributed by atoms with Crippen LogP contribution in [0.15, 0.2) is 53.3 Å². The molecule has 3 aliphatic rings. The molecule has 1 atom stereocenters. The third kappa shape index (κ3) is 5.54. The number of quaternary nitrogens is 1. The summed E-state index contributed by atoms with van der Waals surface area (Å²) in [7, 11) is 0. The predicted octanol–water partition coefficient (Wildman–Crippen LogP) is 4.53. The Morgan fingerprint density at radius 2 is 1.80 bits per heavy atom. The molecule has 2 aromatic carbocycles. The lowest BCUT2D eigenvalue weighted by molar-refractivity contribution is -0.942. The summed E-state index contributed by atoms with van der Waals surface area (Å²) in [4.78, 5) is 14.3. The zero-order valence-corrected chi connectivity index (χ0v) is 20.8. The number of aromatic nitrogens is 1. The van der Waals surface area contributed by atoms with E-state index in [0.717, 1.165) is 48.6 Å². The number of aromatic amines is 1. The topological polar surface area (TPSA) is 74.4 Å². The number of hydrogen-bond acceptors (Lipinski definition) is 4. The molecule has 3 N–H and O–H groups in total. The third-order valence-electron chi connectivity index (χ3n) is 8.27. The molecule has 3 aromatic rings.